The van der Waals surface area contributed by atoms with E-state index in [-0.39, 0.29) is 11.9 Å². The van der Waals surface area contributed by atoms with Gasteiger partial charge in [-0.05, 0) is 67.0 Å². The molecule has 0 spiro atoms. The summed E-state index contributed by atoms with van der Waals surface area (Å²) < 4.78 is 1.88. The van der Waals surface area contributed by atoms with Crippen molar-refractivity contribution in [3.05, 3.63) is 27.1 Å². The van der Waals surface area contributed by atoms with Gasteiger partial charge in [0.2, 0.25) is 5.91 Å². The van der Waals surface area contributed by atoms with E-state index < -0.39 is 0 Å². The fourth-order valence-electron chi connectivity index (χ4n) is 2.30. The molecular weight excluding hydrogens is 372 g/mol. The van der Waals surface area contributed by atoms with Gasteiger partial charge in [-0.3, -0.25) is 9.69 Å². The Morgan fingerprint density at radius 2 is 1.95 bits per heavy atom. The number of carbonyl (C=O) groups excluding carboxylic acids is 1. The van der Waals surface area contributed by atoms with Gasteiger partial charge in [-0.25, -0.2) is 0 Å². The second-order valence-corrected chi connectivity index (χ2v) is 6.66. The lowest BCUT2D eigenvalue weighted by Gasteiger charge is -2.31. The van der Waals surface area contributed by atoms with Gasteiger partial charge in [0.05, 0.1) is 11.7 Å². The number of benzene rings is 1. The Kier molecular flexibility index (Phi) is 5.42. The zero-order valence-electron chi connectivity index (χ0n) is 11.0. The largest absolute Gasteiger partial charge is 0.324 e. The zero-order valence-corrected chi connectivity index (χ0v) is 14.1. The predicted molar refractivity (Wildman–Crippen MR) is 85.4 cm³/mol. The summed E-state index contributed by atoms with van der Waals surface area (Å²) in [5.74, 6) is 0.0601. The number of likely N-dealkylation sites (tertiary alicyclic amines) is 1. The van der Waals surface area contributed by atoms with Crippen LogP contribution in [0.15, 0.2) is 27.1 Å². The van der Waals surface area contributed by atoms with E-state index in [4.69, 9.17) is 0 Å². The van der Waals surface area contributed by atoms with Crippen LogP contribution >= 0.6 is 31.9 Å². The third-order valence-corrected chi connectivity index (χ3v) is 4.66. The van der Waals surface area contributed by atoms with E-state index in [0.717, 1.165) is 27.7 Å². The molecule has 1 fully saturated rings. The number of anilines is 1. The van der Waals surface area contributed by atoms with Crippen molar-refractivity contribution in [3.8, 4) is 0 Å². The molecule has 0 radical (unpaired) electrons. The topological polar surface area (TPSA) is 32.3 Å². The average Bonchev–Trinajstić information content (AvgIpc) is 2.42. The number of piperidine rings is 1. The molecule has 5 heteroatoms. The lowest BCUT2D eigenvalue weighted by Crippen LogP contribution is -2.44. The van der Waals surface area contributed by atoms with E-state index in [1.54, 1.807) is 0 Å². The highest BCUT2D eigenvalue weighted by Crippen LogP contribution is 2.26. The fourth-order valence-corrected chi connectivity index (χ4v) is 3.45. The summed E-state index contributed by atoms with van der Waals surface area (Å²) in [4.78, 5) is 14.5. The van der Waals surface area contributed by atoms with Crippen LogP contribution in [0.3, 0.4) is 0 Å². The highest BCUT2D eigenvalue weighted by molar-refractivity contribution is 9.11. The molecule has 1 aliphatic rings. The van der Waals surface area contributed by atoms with Gasteiger partial charge in [0, 0.05) is 8.95 Å². The maximum atomic E-state index is 12.3. The average molecular weight is 390 g/mol. The lowest BCUT2D eigenvalue weighted by atomic mass is 10.1. The van der Waals surface area contributed by atoms with Gasteiger partial charge in [0.25, 0.3) is 0 Å². The van der Waals surface area contributed by atoms with Crippen molar-refractivity contribution in [2.75, 3.05) is 18.4 Å². The predicted octanol–water partition coefficient (Wildman–Crippen LogP) is 4.02. The Morgan fingerprint density at radius 1 is 1.26 bits per heavy atom. The lowest BCUT2D eigenvalue weighted by molar-refractivity contribution is -0.121. The van der Waals surface area contributed by atoms with Crippen molar-refractivity contribution in [2.24, 2.45) is 0 Å². The number of halogens is 2. The quantitative estimate of drug-likeness (QED) is 0.846. The van der Waals surface area contributed by atoms with Crippen molar-refractivity contribution >= 4 is 43.5 Å². The maximum absolute atomic E-state index is 12.3. The van der Waals surface area contributed by atoms with E-state index in [2.05, 4.69) is 42.1 Å². The Labute approximate surface area is 131 Å². The summed E-state index contributed by atoms with van der Waals surface area (Å²) >= 11 is 6.87. The second-order valence-electron chi connectivity index (χ2n) is 4.89. The first-order chi connectivity index (χ1) is 9.08. The van der Waals surface area contributed by atoms with Crippen molar-refractivity contribution in [1.82, 2.24) is 4.90 Å². The van der Waals surface area contributed by atoms with E-state index >= 15 is 0 Å². The Balaban J connectivity index is 1.99. The fraction of sp³-hybridized carbons (Fsp3) is 0.500. The van der Waals surface area contributed by atoms with Crippen LogP contribution in [0.5, 0.6) is 0 Å². The first kappa shape index (κ1) is 15.0. The van der Waals surface area contributed by atoms with E-state index in [0.29, 0.717) is 0 Å². The molecule has 1 aromatic rings. The molecule has 104 valence electrons. The van der Waals surface area contributed by atoms with Gasteiger partial charge in [-0.1, -0.05) is 22.4 Å². The molecule has 1 heterocycles. The third-order valence-electron chi connectivity index (χ3n) is 3.51. The van der Waals surface area contributed by atoms with E-state index in [9.17, 15) is 4.79 Å². The molecule has 1 saturated heterocycles. The first-order valence-electron chi connectivity index (χ1n) is 6.58. The van der Waals surface area contributed by atoms with Gasteiger partial charge in [-0.15, -0.1) is 0 Å². The molecule has 1 aliphatic heterocycles. The molecule has 1 N–H and O–H groups in total. The van der Waals surface area contributed by atoms with Gasteiger partial charge >= 0.3 is 0 Å². The van der Waals surface area contributed by atoms with Crippen molar-refractivity contribution < 1.29 is 4.79 Å². The van der Waals surface area contributed by atoms with Crippen LogP contribution in [-0.4, -0.2) is 29.9 Å². The Morgan fingerprint density at radius 3 is 2.58 bits per heavy atom. The molecular formula is C14H18Br2N2O. The summed E-state index contributed by atoms with van der Waals surface area (Å²) in [6, 6.07) is 5.68. The standard InChI is InChI=1S/C14H18Br2N2O/c1-10(18-7-3-2-4-8-18)14(19)17-13-6-5-11(15)9-12(13)16/h5-6,9-10H,2-4,7-8H2,1H3,(H,17,19). The molecule has 0 saturated carbocycles. The van der Waals surface area contributed by atoms with Crippen LogP contribution in [0, 0.1) is 0 Å². The van der Waals surface area contributed by atoms with Crippen molar-refractivity contribution in [3.63, 3.8) is 0 Å². The normalized spacial score (nSPS) is 18.1. The zero-order chi connectivity index (χ0) is 13.8. The molecule has 2 rings (SSSR count). The molecule has 1 amide bonds. The number of rotatable bonds is 3. The number of hydrogen-bond acceptors (Lipinski definition) is 2. The summed E-state index contributed by atoms with van der Waals surface area (Å²) in [7, 11) is 0. The van der Waals surface area contributed by atoms with Gasteiger partial charge < -0.3 is 5.32 Å². The molecule has 3 nitrogen and oxygen atoms in total. The third kappa shape index (κ3) is 4.04. The summed E-state index contributed by atoms with van der Waals surface area (Å²) in [5.41, 5.74) is 0.817. The number of carbonyl (C=O) groups is 1. The molecule has 19 heavy (non-hydrogen) atoms. The van der Waals surface area contributed by atoms with Crippen LogP contribution in [0.1, 0.15) is 26.2 Å². The minimum atomic E-state index is -0.0733. The number of hydrogen-bond donors (Lipinski definition) is 1. The van der Waals surface area contributed by atoms with Gasteiger partial charge in [0.1, 0.15) is 0 Å². The van der Waals surface area contributed by atoms with Crippen molar-refractivity contribution in [2.45, 2.75) is 32.2 Å². The minimum absolute atomic E-state index is 0.0601. The summed E-state index contributed by atoms with van der Waals surface area (Å²) in [5, 5.41) is 2.99. The van der Waals surface area contributed by atoms with E-state index in [1.807, 2.05) is 25.1 Å². The molecule has 0 aliphatic carbocycles. The number of amides is 1. The van der Waals surface area contributed by atoms with Crippen LogP contribution in [0.25, 0.3) is 0 Å². The van der Waals surface area contributed by atoms with Crippen LogP contribution in [0.2, 0.25) is 0 Å². The van der Waals surface area contributed by atoms with Crippen molar-refractivity contribution in [1.29, 1.82) is 0 Å². The monoisotopic (exact) mass is 388 g/mol. The van der Waals surface area contributed by atoms with Gasteiger partial charge in [0.15, 0.2) is 0 Å². The maximum Gasteiger partial charge on any atom is 0.241 e. The molecule has 0 bridgehead atoms. The number of nitrogens with zero attached hydrogens (tertiary/aromatic N) is 1. The van der Waals surface area contributed by atoms with Crippen LogP contribution in [0.4, 0.5) is 5.69 Å². The van der Waals surface area contributed by atoms with Gasteiger partial charge in [-0.2, -0.15) is 0 Å². The molecule has 1 unspecified atom stereocenters. The van der Waals surface area contributed by atoms with Crippen LogP contribution < -0.4 is 5.32 Å². The highest BCUT2D eigenvalue weighted by atomic mass is 79.9. The van der Waals surface area contributed by atoms with Crippen LogP contribution in [-0.2, 0) is 4.79 Å². The van der Waals surface area contributed by atoms with E-state index in [1.165, 1.54) is 19.3 Å². The highest BCUT2D eigenvalue weighted by Gasteiger charge is 2.23. The first-order valence-corrected chi connectivity index (χ1v) is 8.16. The summed E-state index contributed by atoms with van der Waals surface area (Å²) in [6.07, 6.45) is 3.67. The minimum Gasteiger partial charge on any atom is -0.324 e. The number of nitrogens with one attached hydrogen (secondary N) is 1. The molecule has 1 aromatic carbocycles. The SMILES string of the molecule is CC(C(=O)Nc1ccc(Br)cc1Br)N1CCCCC1. The Bertz CT molecular complexity index is 459. The Hall–Kier alpha value is -0.390. The second kappa shape index (κ2) is 6.86. The smallest absolute Gasteiger partial charge is 0.241 e. The molecule has 1 atom stereocenters. The molecule has 0 aromatic heterocycles. The summed E-state index contributed by atoms with van der Waals surface area (Å²) in [6.45, 7) is 4.03.